The molecule has 1 N–H and O–H groups in total. The lowest BCUT2D eigenvalue weighted by Crippen LogP contribution is -2.27. The molecule has 0 bridgehead atoms. The number of pyridine rings is 1. The Morgan fingerprint density at radius 1 is 1.07 bits per heavy atom. The van der Waals surface area contributed by atoms with Crippen LogP contribution in [-0.4, -0.2) is 43.7 Å². The smallest absolute Gasteiger partial charge is 0.407 e. The number of carboxylic acid groups (broad SMARTS) is 1. The Kier molecular flexibility index (Phi) is 3.57. The van der Waals surface area contributed by atoms with Crippen molar-refractivity contribution in [2.75, 3.05) is 13.1 Å². The average molecular weight is 358 g/mol. The molecule has 1 amide bonds. The van der Waals surface area contributed by atoms with Gasteiger partial charge in [0.1, 0.15) is 5.52 Å². The van der Waals surface area contributed by atoms with E-state index in [9.17, 15) is 9.90 Å². The van der Waals surface area contributed by atoms with Gasteiger partial charge in [-0.2, -0.15) is 0 Å². The van der Waals surface area contributed by atoms with Crippen LogP contribution < -0.4 is 0 Å². The lowest BCUT2D eigenvalue weighted by atomic mass is 10.0. The SMILES string of the molecule is O=C(O)N1CC[C@@H](n2cnc3c(-c4ccc5ccccc5c4)ccnc32)C1. The van der Waals surface area contributed by atoms with Crippen LogP contribution in [0.5, 0.6) is 0 Å². The maximum atomic E-state index is 11.2. The summed E-state index contributed by atoms with van der Waals surface area (Å²) in [7, 11) is 0. The van der Waals surface area contributed by atoms with Gasteiger partial charge in [0.2, 0.25) is 0 Å². The number of imidazole rings is 1. The Morgan fingerprint density at radius 2 is 1.93 bits per heavy atom. The van der Waals surface area contributed by atoms with Crippen molar-refractivity contribution in [3.8, 4) is 11.1 Å². The van der Waals surface area contributed by atoms with Gasteiger partial charge in [0.15, 0.2) is 5.65 Å². The minimum atomic E-state index is -0.869. The van der Waals surface area contributed by atoms with Gasteiger partial charge in [-0.1, -0.05) is 36.4 Å². The molecule has 6 nitrogen and oxygen atoms in total. The second-order valence-corrected chi connectivity index (χ2v) is 6.92. The first-order valence-electron chi connectivity index (χ1n) is 8.99. The Balaban J connectivity index is 1.58. The summed E-state index contributed by atoms with van der Waals surface area (Å²) in [6, 6.07) is 16.7. The van der Waals surface area contributed by atoms with Crippen molar-refractivity contribution in [3.05, 3.63) is 61.1 Å². The van der Waals surface area contributed by atoms with E-state index in [2.05, 4.69) is 40.3 Å². The van der Waals surface area contributed by atoms with E-state index >= 15 is 0 Å². The number of aromatic nitrogens is 3. The van der Waals surface area contributed by atoms with Crippen molar-refractivity contribution in [2.24, 2.45) is 0 Å². The zero-order chi connectivity index (χ0) is 18.4. The summed E-state index contributed by atoms with van der Waals surface area (Å²) >= 11 is 0. The molecule has 134 valence electrons. The molecule has 0 unspecified atom stereocenters. The summed E-state index contributed by atoms with van der Waals surface area (Å²) in [4.78, 5) is 21.8. The number of fused-ring (bicyclic) bond motifs is 2. The Bertz CT molecular complexity index is 1170. The summed E-state index contributed by atoms with van der Waals surface area (Å²) in [5, 5.41) is 11.6. The fourth-order valence-corrected chi connectivity index (χ4v) is 3.93. The Hall–Kier alpha value is -3.41. The van der Waals surface area contributed by atoms with E-state index < -0.39 is 6.09 Å². The Labute approximate surface area is 155 Å². The summed E-state index contributed by atoms with van der Waals surface area (Å²) in [5.74, 6) is 0. The zero-order valence-corrected chi connectivity index (χ0v) is 14.6. The van der Waals surface area contributed by atoms with E-state index in [0.717, 1.165) is 28.7 Å². The average Bonchev–Trinajstić information content (AvgIpc) is 3.34. The van der Waals surface area contributed by atoms with Gasteiger partial charge in [-0.3, -0.25) is 0 Å². The normalized spacial score (nSPS) is 17.0. The summed E-state index contributed by atoms with van der Waals surface area (Å²) in [6.45, 7) is 1.02. The van der Waals surface area contributed by atoms with Crippen molar-refractivity contribution in [1.82, 2.24) is 19.4 Å². The van der Waals surface area contributed by atoms with Crippen LogP contribution in [0.4, 0.5) is 4.79 Å². The van der Waals surface area contributed by atoms with Gasteiger partial charge in [-0.05, 0) is 34.9 Å². The molecule has 1 saturated heterocycles. The number of carbonyl (C=O) groups is 1. The van der Waals surface area contributed by atoms with Crippen LogP contribution in [0.1, 0.15) is 12.5 Å². The van der Waals surface area contributed by atoms with Crippen LogP contribution in [0.2, 0.25) is 0 Å². The maximum absolute atomic E-state index is 11.2. The summed E-state index contributed by atoms with van der Waals surface area (Å²) < 4.78 is 2.02. The molecular formula is C21H18N4O2. The molecule has 1 fully saturated rings. The predicted molar refractivity (Wildman–Crippen MR) is 104 cm³/mol. The molecule has 1 aliphatic rings. The molecular weight excluding hydrogens is 340 g/mol. The van der Waals surface area contributed by atoms with Gasteiger partial charge in [0.25, 0.3) is 0 Å². The second-order valence-electron chi connectivity index (χ2n) is 6.92. The molecule has 2 aromatic carbocycles. The van der Waals surface area contributed by atoms with Gasteiger partial charge < -0.3 is 14.6 Å². The third kappa shape index (κ3) is 2.61. The molecule has 2 aromatic heterocycles. The molecule has 27 heavy (non-hydrogen) atoms. The van der Waals surface area contributed by atoms with Gasteiger partial charge in [-0.25, -0.2) is 14.8 Å². The first-order chi connectivity index (χ1) is 13.2. The van der Waals surface area contributed by atoms with E-state index in [4.69, 9.17) is 0 Å². The minimum Gasteiger partial charge on any atom is -0.465 e. The molecule has 0 saturated carbocycles. The number of benzene rings is 2. The van der Waals surface area contributed by atoms with Gasteiger partial charge in [-0.15, -0.1) is 0 Å². The van der Waals surface area contributed by atoms with Crippen molar-refractivity contribution in [2.45, 2.75) is 12.5 Å². The molecule has 5 rings (SSSR count). The third-order valence-electron chi connectivity index (χ3n) is 5.35. The lowest BCUT2D eigenvalue weighted by Gasteiger charge is -2.14. The number of hydrogen-bond donors (Lipinski definition) is 1. The lowest BCUT2D eigenvalue weighted by molar-refractivity contribution is 0.154. The van der Waals surface area contributed by atoms with E-state index in [1.54, 1.807) is 12.5 Å². The molecule has 3 heterocycles. The highest BCUT2D eigenvalue weighted by molar-refractivity contribution is 5.94. The quantitative estimate of drug-likeness (QED) is 0.584. The van der Waals surface area contributed by atoms with Crippen LogP contribution >= 0.6 is 0 Å². The third-order valence-corrected chi connectivity index (χ3v) is 5.35. The fraction of sp³-hybridized carbons (Fsp3) is 0.190. The van der Waals surface area contributed by atoms with Crippen molar-refractivity contribution in [3.63, 3.8) is 0 Å². The second kappa shape index (κ2) is 6.09. The maximum Gasteiger partial charge on any atom is 0.407 e. The number of rotatable bonds is 2. The Morgan fingerprint density at radius 3 is 2.74 bits per heavy atom. The van der Waals surface area contributed by atoms with Crippen molar-refractivity contribution >= 4 is 28.0 Å². The molecule has 1 aliphatic heterocycles. The van der Waals surface area contributed by atoms with E-state index in [1.165, 1.54) is 15.7 Å². The predicted octanol–water partition coefficient (Wildman–Crippen LogP) is 4.18. The minimum absolute atomic E-state index is 0.0745. The monoisotopic (exact) mass is 358 g/mol. The molecule has 0 aliphatic carbocycles. The van der Waals surface area contributed by atoms with E-state index in [0.29, 0.717) is 13.1 Å². The number of amides is 1. The van der Waals surface area contributed by atoms with Gasteiger partial charge in [0, 0.05) is 24.8 Å². The van der Waals surface area contributed by atoms with Crippen LogP contribution in [0, 0.1) is 0 Å². The molecule has 0 spiro atoms. The van der Waals surface area contributed by atoms with Crippen LogP contribution in [-0.2, 0) is 0 Å². The molecule has 4 aromatic rings. The summed E-state index contributed by atoms with van der Waals surface area (Å²) in [5.41, 5.74) is 3.79. The van der Waals surface area contributed by atoms with Crippen molar-refractivity contribution in [1.29, 1.82) is 0 Å². The fourth-order valence-electron chi connectivity index (χ4n) is 3.93. The van der Waals surface area contributed by atoms with Crippen molar-refractivity contribution < 1.29 is 9.90 Å². The topological polar surface area (TPSA) is 71.2 Å². The van der Waals surface area contributed by atoms with E-state index in [1.807, 2.05) is 22.8 Å². The summed E-state index contributed by atoms with van der Waals surface area (Å²) in [6.07, 6.45) is 3.50. The standard InChI is InChI=1S/C21H18N4O2/c26-21(27)24-10-8-17(12-24)25-13-23-19-18(7-9-22-20(19)25)16-6-5-14-3-1-2-4-15(14)11-16/h1-7,9,11,13,17H,8,10,12H2,(H,26,27)/t17-/m1/s1. The zero-order valence-electron chi connectivity index (χ0n) is 14.6. The first-order valence-corrected chi connectivity index (χ1v) is 8.99. The van der Waals surface area contributed by atoms with Gasteiger partial charge >= 0.3 is 6.09 Å². The first kappa shape index (κ1) is 15.8. The number of likely N-dealkylation sites (tertiary alicyclic amines) is 1. The van der Waals surface area contributed by atoms with Crippen LogP contribution in [0.15, 0.2) is 61.1 Å². The van der Waals surface area contributed by atoms with Crippen LogP contribution in [0.25, 0.3) is 33.1 Å². The van der Waals surface area contributed by atoms with E-state index in [-0.39, 0.29) is 6.04 Å². The molecule has 6 heteroatoms. The molecule has 1 atom stereocenters. The van der Waals surface area contributed by atoms with Gasteiger partial charge in [0.05, 0.1) is 12.4 Å². The number of hydrogen-bond acceptors (Lipinski definition) is 3. The highest BCUT2D eigenvalue weighted by atomic mass is 16.4. The highest BCUT2D eigenvalue weighted by Crippen LogP contribution is 2.31. The van der Waals surface area contributed by atoms with Crippen LogP contribution in [0.3, 0.4) is 0 Å². The number of nitrogens with zero attached hydrogens (tertiary/aromatic N) is 4. The highest BCUT2D eigenvalue weighted by Gasteiger charge is 2.28. The largest absolute Gasteiger partial charge is 0.465 e. The molecule has 0 radical (unpaired) electrons.